The Bertz CT molecular complexity index is 587. The van der Waals surface area contributed by atoms with Crippen LogP contribution in [0.15, 0.2) is 10.6 Å². The van der Waals surface area contributed by atoms with Crippen molar-refractivity contribution in [2.75, 3.05) is 0 Å². The van der Waals surface area contributed by atoms with Gasteiger partial charge in [-0.15, -0.1) is 0 Å². The third-order valence-corrected chi connectivity index (χ3v) is 3.05. The molecule has 4 nitrogen and oxygen atoms in total. The van der Waals surface area contributed by atoms with E-state index in [0.717, 1.165) is 18.5 Å². The van der Waals surface area contributed by atoms with Crippen molar-refractivity contribution >= 4 is 27.9 Å². The Hall–Kier alpha value is -1.42. The third kappa shape index (κ3) is 1.41. The fourth-order valence-corrected chi connectivity index (χ4v) is 2.01. The van der Waals surface area contributed by atoms with Gasteiger partial charge in [-0.3, -0.25) is 4.79 Å². The van der Waals surface area contributed by atoms with E-state index in [-0.39, 0.29) is 0 Å². The molecule has 0 aliphatic heterocycles. The first-order chi connectivity index (χ1) is 7.66. The Morgan fingerprint density at radius 3 is 2.94 bits per heavy atom. The summed E-state index contributed by atoms with van der Waals surface area (Å²) in [5.41, 5.74) is 2.39. The van der Waals surface area contributed by atoms with E-state index in [4.69, 9.17) is 16.1 Å². The first kappa shape index (κ1) is 9.78. The van der Waals surface area contributed by atoms with Gasteiger partial charge in [0.2, 0.25) is 0 Å². The second kappa shape index (κ2) is 3.28. The van der Waals surface area contributed by atoms with Crippen LogP contribution in [-0.4, -0.2) is 15.4 Å². The van der Waals surface area contributed by atoms with Crippen molar-refractivity contribution in [3.63, 3.8) is 0 Å². The standard InChI is InChI=1S/C11H9ClN2O2/c1-5-9-7(10(12)15)4-8(6-2-3-6)13-11(9)16-14-5/h4,6H,2-3H2,1H3. The van der Waals surface area contributed by atoms with Crippen molar-refractivity contribution < 1.29 is 9.32 Å². The number of halogens is 1. The zero-order valence-corrected chi connectivity index (χ0v) is 9.41. The maximum absolute atomic E-state index is 11.4. The molecular formula is C11H9ClN2O2. The highest BCUT2D eigenvalue weighted by Crippen LogP contribution is 2.40. The monoisotopic (exact) mass is 236 g/mol. The molecular weight excluding hydrogens is 228 g/mol. The van der Waals surface area contributed by atoms with E-state index in [1.807, 2.05) is 0 Å². The Morgan fingerprint density at radius 2 is 2.31 bits per heavy atom. The maximum Gasteiger partial charge on any atom is 0.258 e. The van der Waals surface area contributed by atoms with Crippen LogP contribution >= 0.6 is 11.6 Å². The van der Waals surface area contributed by atoms with Crippen LogP contribution in [0.5, 0.6) is 0 Å². The summed E-state index contributed by atoms with van der Waals surface area (Å²) in [5.74, 6) is 0.449. The molecule has 5 heteroatoms. The summed E-state index contributed by atoms with van der Waals surface area (Å²) in [4.78, 5) is 15.7. The lowest BCUT2D eigenvalue weighted by Gasteiger charge is -2.00. The van der Waals surface area contributed by atoms with Gasteiger partial charge in [0, 0.05) is 11.6 Å². The second-order valence-electron chi connectivity index (χ2n) is 4.09. The fourth-order valence-electron chi connectivity index (χ4n) is 1.86. The van der Waals surface area contributed by atoms with Crippen molar-refractivity contribution in [2.45, 2.75) is 25.7 Å². The van der Waals surface area contributed by atoms with E-state index in [1.54, 1.807) is 13.0 Å². The van der Waals surface area contributed by atoms with Gasteiger partial charge in [-0.25, -0.2) is 4.98 Å². The summed E-state index contributed by atoms with van der Waals surface area (Å²) in [5, 5.41) is 3.95. The molecule has 1 saturated carbocycles. The largest absolute Gasteiger partial charge is 0.336 e. The van der Waals surface area contributed by atoms with Gasteiger partial charge in [-0.1, -0.05) is 5.16 Å². The van der Waals surface area contributed by atoms with Crippen molar-refractivity contribution in [1.29, 1.82) is 0 Å². The molecule has 0 unspecified atom stereocenters. The molecule has 1 aliphatic carbocycles. The number of pyridine rings is 1. The Labute approximate surface area is 96.6 Å². The molecule has 0 spiro atoms. The quantitative estimate of drug-likeness (QED) is 0.753. The predicted octanol–water partition coefficient (Wildman–Crippen LogP) is 2.79. The number of nitrogens with zero attached hydrogens (tertiary/aromatic N) is 2. The van der Waals surface area contributed by atoms with Crippen LogP contribution in [0.25, 0.3) is 11.1 Å². The number of hydrogen-bond acceptors (Lipinski definition) is 4. The van der Waals surface area contributed by atoms with Gasteiger partial charge in [0.1, 0.15) is 0 Å². The smallest absolute Gasteiger partial charge is 0.258 e. The summed E-state index contributed by atoms with van der Waals surface area (Å²) < 4.78 is 5.09. The number of aryl methyl sites for hydroxylation is 1. The molecule has 0 saturated heterocycles. The molecule has 0 bridgehead atoms. The van der Waals surface area contributed by atoms with Crippen molar-refractivity contribution in [2.24, 2.45) is 0 Å². The summed E-state index contributed by atoms with van der Waals surface area (Å²) in [6.45, 7) is 1.77. The third-order valence-electron chi connectivity index (χ3n) is 2.84. The van der Waals surface area contributed by atoms with Gasteiger partial charge < -0.3 is 4.52 Å². The van der Waals surface area contributed by atoms with E-state index in [9.17, 15) is 4.79 Å². The number of aromatic nitrogens is 2. The van der Waals surface area contributed by atoms with Gasteiger partial charge in [-0.2, -0.15) is 0 Å². The minimum atomic E-state index is -0.486. The van der Waals surface area contributed by atoms with Crippen LogP contribution in [0.1, 0.15) is 40.5 Å². The highest BCUT2D eigenvalue weighted by molar-refractivity contribution is 6.68. The maximum atomic E-state index is 11.4. The molecule has 82 valence electrons. The van der Waals surface area contributed by atoms with E-state index >= 15 is 0 Å². The van der Waals surface area contributed by atoms with Crippen molar-refractivity contribution in [1.82, 2.24) is 10.1 Å². The zero-order valence-electron chi connectivity index (χ0n) is 8.66. The molecule has 2 aromatic rings. The van der Waals surface area contributed by atoms with Gasteiger partial charge in [0.15, 0.2) is 0 Å². The minimum Gasteiger partial charge on any atom is -0.336 e. The number of rotatable bonds is 2. The SMILES string of the molecule is Cc1noc2nc(C3CC3)cc(C(=O)Cl)c12. The molecule has 16 heavy (non-hydrogen) atoms. The molecule has 3 rings (SSSR count). The second-order valence-corrected chi connectivity index (χ2v) is 4.43. The molecule has 0 amide bonds. The zero-order chi connectivity index (χ0) is 11.3. The summed E-state index contributed by atoms with van der Waals surface area (Å²) in [6.07, 6.45) is 2.23. The predicted molar refractivity (Wildman–Crippen MR) is 58.7 cm³/mol. The molecule has 0 radical (unpaired) electrons. The van der Waals surface area contributed by atoms with Crippen LogP contribution in [0.4, 0.5) is 0 Å². The Balaban J connectivity index is 2.32. The van der Waals surface area contributed by atoms with E-state index in [2.05, 4.69) is 10.1 Å². The number of carbonyl (C=O) groups is 1. The summed E-state index contributed by atoms with van der Waals surface area (Å²) >= 11 is 5.57. The van der Waals surface area contributed by atoms with Crippen LogP contribution in [0.2, 0.25) is 0 Å². The summed E-state index contributed by atoms with van der Waals surface area (Å²) in [7, 11) is 0. The van der Waals surface area contributed by atoms with Crippen LogP contribution in [-0.2, 0) is 0 Å². The van der Waals surface area contributed by atoms with E-state index in [0.29, 0.717) is 28.3 Å². The average molecular weight is 237 g/mol. The molecule has 1 aliphatic rings. The fraction of sp³-hybridized carbons (Fsp3) is 0.364. The van der Waals surface area contributed by atoms with Gasteiger partial charge in [0.25, 0.3) is 11.0 Å². The van der Waals surface area contributed by atoms with Gasteiger partial charge >= 0.3 is 0 Å². The van der Waals surface area contributed by atoms with E-state index in [1.165, 1.54) is 0 Å². The number of hydrogen-bond donors (Lipinski definition) is 0. The first-order valence-corrected chi connectivity index (χ1v) is 5.51. The minimum absolute atomic E-state index is 0.408. The normalized spacial score (nSPS) is 15.6. The highest BCUT2D eigenvalue weighted by atomic mass is 35.5. The van der Waals surface area contributed by atoms with Crippen LogP contribution in [0.3, 0.4) is 0 Å². The Morgan fingerprint density at radius 1 is 1.56 bits per heavy atom. The number of carbonyl (C=O) groups excluding carboxylic acids is 1. The molecule has 0 atom stereocenters. The lowest BCUT2D eigenvalue weighted by molar-refractivity contribution is 0.108. The molecule has 1 fully saturated rings. The van der Waals surface area contributed by atoms with Crippen LogP contribution in [0, 0.1) is 6.92 Å². The molecule has 0 aromatic carbocycles. The van der Waals surface area contributed by atoms with Crippen LogP contribution < -0.4 is 0 Å². The first-order valence-electron chi connectivity index (χ1n) is 5.13. The summed E-state index contributed by atoms with van der Waals surface area (Å²) in [6, 6.07) is 1.76. The topological polar surface area (TPSA) is 56.0 Å². The van der Waals surface area contributed by atoms with Crippen molar-refractivity contribution in [3.05, 3.63) is 23.0 Å². The number of fused-ring (bicyclic) bond motifs is 1. The molecule has 2 aromatic heterocycles. The molecule has 2 heterocycles. The Kier molecular flexibility index (Phi) is 2.01. The lowest BCUT2D eigenvalue weighted by Crippen LogP contribution is -1.96. The van der Waals surface area contributed by atoms with Crippen molar-refractivity contribution in [3.8, 4) is 0 Å². The van der Waals surface area contributed by atoms with E-state index < -0.39 is 5.24 Å². The average Bonchev–Trinajstić information content (AvgIpc) is 3.03. The van der Waals surface area contributed by atoms with Gasteiger partial charge in [0.05, 0.1) is 16.6 Å². The van der Waals surface area contributed by atoms with Gasteiger partial charge in [-0.05, 0) is 37.4 Å². The lowest BCUT2D eigenvalue weighted by atomic mass is 10.1. The highest BCUT2D eigenvalue weighted by Gasteiger charge is 2.28. The molecule has 0 N–H and O–H groups in total.